The second-order valence-electron chi connectivity index (χ2n) is 1.62. The van der Waals surface area contributed by atoms with Crippen molar-refractivity contribution in [2.75, 3.05) is 6.67 Å². The lowest BCUT2D eigenvalue weighted by atomic mass is 9.96. The van der Waals surface area contributed by atoms with Crippen molar-refractivity contribution in [2.24, 2.45) is 0 Å². The zero-order chi connectivity index (χ0) is 7.11. The monoisotopic (exact) mass is 124 g/mol. The second-order valence-corrected chi connectivity index (χ2v) is 1.62. The van der Waals surface area contributed by atoms with E-state index < -0.39 is 6.67 Å². The van der Waals surface area contributed by atoms with Gasteiger partial charge in [0.05, 0.1) is 7.85 Å². The minimum atomic E-state index is -0.419. The molecule has 0 atom stereocenters. The summed E-state index contributed by atoms with van der Waals surface area (Å²) in [5.74, 6) is 0. The molecule has 2 radical (unpaired) electrons. The molecule has 0 amide bonds. The maximum Gasteiger partial charge on any atom is 0.108 e. The minimum absolute atomic E-state index is 0.419. The van der Waals surface area contributed by atoms with E-state index in [4.69, 9.17) is 7.85 Å². The van der Waals surface area contributed by atoms with Crippen LogP contribution in [0.1, 0.15) is 6.92 Å². The number of rotatable bonds is 3. The van der Waals surface area contributed by atoms with Crippen molar-refractivity contribution in [2.45, 2.75) is 13.2 Å². The highest BCUT2D eigenvalue weighted by Gasteiger charge is 1.81. The van der Waals surface area contributed by atoms with Crippen LogP contribution in [-0.4, -0.2) is 14.5 Å². The molecule has 9 heavy (non-hydrogen) atoms. The molecule has 0 unspecified atom stereocenters. The van der Waals surface area contributed by atoms with Crippen LogP contribution >= 0.6 is 0 Å². The molecule has 0 aliphatic carbocycles. The Balaban J connectivity index is 3.70. The van der Waals surface area contributed by atoms with Crippen LogP contribution in [-0.2, 0) is 0 Å². The maximum absolute atomic E-state index is 11.5. The van der Waals surface area contributed by atoms with Crippen LogP contribution in [0.4, 0.5) is 4.39 Å². The molecular weight excluding hydrogens is 114 g/mol. The van der Waals surface area contributed by atoms with Gasteiger partial charge in [0.2, 0.25) is 0 Å². The van der Waals surface area contributed by atoms with E-state index in [1.54, 1.807) is 6.08 Å². The molecule has 0 aliphatic heterocycles. The summed E-state index contributed by atoms with van der Waals surface area (Å²) in [5, 5.41) is 0. The molecule has 2 heteroatoms. The predicted octanol–water partition coefficient (Wildman–Crippen LogP) is 2.05. The lowest BCUT2D eigenvalue weighted by Crippen LogP contribution is -1.74. The first-order valence-corrected chi connectivity index (χ1v) is 2.93. The molecule has 48 valence electrons. The minimum Gasteiger partial charge on any atom is -0.247 e. The Labute approximate surface area is 56.9 Å². The molecule has 0 N–H and O–H groups in total. The highest BCUT2D eigenvalue weighted by molar-refractivity contribution is 6.10. The van der Waals surface area contributed by atoms with Crippen molar-refractivity contribution in [1.82, 2.24) is 0 Å². The molecule has 0 fully saturated rings. The summed E-state index contributed by atoms with van der Waals surface area (Å²) >= 11 is 0. The third kappa shape index (κ3) is 4.01. The Hall–Kier alpha value is -0.525. The molecule has 0 aromatic rings. The van der Waals surface area contributed by atoms with Crippen molar-refractivity contribution in [1.29, 1.82) is 0 Å². The standard InChI is InChI=1S/C7H10BF/c1-2-7(6-8)4-3-5-9/h2-4H,5-6H2,1H3/b4-3-,7-2+. The molecule has 0 aromatic heterocycles. The third-order valence-corrected chi connectivity index (χ3v) is 1.03. The molecule has 0 bridgehead atoms. The Bertz CT molecular complexity index is 116. The predicted molar refractivity (Wildman–Crippen MR) is 39.4 cm³/mol. The maximum atomic E-state index is 11.5. The molecule has 0 saturated carbocycles. The van der Waals surface area contributed by atoms with Crippen molar-refractivity contribution >= 4 is 7.85 Å². The van der Waals surface area contributed by atoms with Gasteiger partial charge in [-0.3, -0.25) is 0 Å². The smallest absolute Gasteiger partial charge is 0.108 e. The van der Waals surface area contributed by atoms with Gasteiger partial charge in [0.25, 0.3) is 0 Å². The van der Waals surface area contributed by atoms with Gasteiger partial charge in [-0.25, -0.2) is 4.39 Å². The Kier molecular flexibility index (Phi) is 5.28. The van der Waals surface area contributed by atoms with Crippen LogP contribution < -0.4 is 0 Å². The van der Waals surface area contributed by atoms with Gasteiger partial charge in [0.1, 0.15) is 6.67 Å². The van der Waals surface area contributed by atoms with E-state index in [9.17, 15) is 4.39 Å². The van der Waals surface area contributed by atoms with Crippen molar-refractivity contribution in [3.63, 3.8) is 0 Å². The van der Waals surface area contributed by atoms with E-state index in [1.807, 2.05) is 13.0 Å². The number of allylic oxidation sites excluding steroid dienone is 4. The molecule has 0 heterocycles. The fraction of sp³-hybridized carbons (Fsp3) is 0.429. The first-order chi connectivity index (χ1) is 4.35. The van der Waals surface area contributed by atoms with Crippen LogP contribution in [0, 0.1) is 0 Å². The van der Waals surface area contributed by atoms with Crippen LogP contribution in [0.25, 0.3) is 0 Å². The first-order valence-electron chi connectivity index (χ1n) is 2.93. The van der Waals surface area contributed by atoms with Crippen LogP contribution in [0.3, 0.4) is 0 Å². The normalized spacial score (nSPS) is 12.9. The zero-order valence-electron chi connectivity index (χ0n) is 5.60. The van der Waals surface area contributed by atoms with Gasteiger partial charge >= 0.3 is 0 Å². The van der Waals surface area contributed by atoms with E-state index >= 15 is 0 Å². The average Bonchev–Trinajstić information content (AvgIpc) is 1.91. The van der Waals surface area contributed by atoms with Crippen molar-refractivity contribution < 1.29 is 4.39 Å². The number of hydrogen-bond donors (Lipinski definition) is 0. The quantitative estimate of drug-likeness (QED) is 0.399. The lowest BCUT2D eigenvalue weighted by molar-refractivity contribution is 0.561. The van der Waals surface area contributed by atoms with Gasteiger partial charge in [-0.05, 0) is 6.92 Å². The van der Waals surface area contributed by atoms with Crippen LogP contribution in [0.15, 0.2) is 23.8 Å². The third-order valence-electron chi connectivity index (χ3n) is 1.03. The van der Waals surface area contributed by atoms with E-state index in [0.717, 1.165) is 5.57 Å². The van der Waals surface area contributed by atoms with Gasteiger partial charge in [0, 0.05) is 0 Å². The summed E-state index contributed by atoms with van der Waals surface area (Å²) in [4.78, 5) is 0. The Morgan fingerprint density at radius 3 is 2.67 bits per heavy atom. The van der Waals surface area contributed by atoms with Gasteiger partial charge < -0.3 is 0 Å². The van der Waals surface area contributed by atoms with Crippen molar-refractivity contribution in [3.8, 4) is 0 Å². The summed E-state index contributed by atoms with van der Waals surface area (Å²) in [7, 11) is 5.28. The van der Waals surface area contributed by atoms with E-state index in [2.05, 4.69) is 0 Å². The highest BCUT2D eigenvalue weighted by atomic mass is 19.1. The van der Waals surface area contributed by atoms with E-state index in [0.29, 0.717) is 6.32 Å². The average molecular weight is 124 g/mol. The molecule has 0 aromatic carbocycles. The van der Waals surface area contributed by atoms with Crippen LogP contribution in [0.2, 0.25) is 6.32 Å². The molecule has 0 aliphatic rings. The SMILES string of the molecule is [B]CC(/C=C\CF)=C/C. The highest BCUT2D eigenvalue weighted by Crippen LogP contribution is 1.99. The van der Waals surface area contributed by atoms with E-state index in [-0.39, 0.29) is 0 Å². The summed E-state index contributed by atoms with van der Waals surface area (Å²) < 4.78 is 11.5. The summed E-state index contributed by atoms with van der Waals surface area (Å²) in [5.41, 5.74) is 0.965. The van der Waals surface area contributed by atoms with Gasteiger partial charge in [-0.2, -0.15) is 0 Å². The Morgan fingerprint density at radius 1 is 1.67 bits per heavy atom. The number of alkyl halides is 1. The first kappa shape index (κ1) is 8.47. The van der Waals surface area contributed by atoms with Crippen LogP contribution in [0.5, 0.6) is 0 Å². The molecule has 0 saturated heterocycles. The number of halogens is 1. The summed E-state index contributed by atoms with van der Waals surface area (Å²) in [6.07, 6.45) is 5.49. The topological polar surface area (TPSA) is 0 Å². The molecule has 0 rings (SSSR count). The number of hydrogen-bond acceptors (Lipinski definition) is 0. The lowest BCUT2D eigenvalue weighted by Gasteiger charge is -1.91. The largest absolute Gasteiger partial charge is 0.247 e. The van der Waals surface area contributed by atoms with Gasteiger partial charge in [-0.15, -0.1) is 0 Å². The summed E-state index contributed by atoms with van der Waals surface area (Å²) in [6.45, 7) is 1.46. The van der Waals surface area contributed by atoms with Crippen molar-refractivity contribution in [3.05, 3.63) is 23.8 Å². The fourth-order valence-corrected chi connectivity index (χ4v) is 0.478. The molecular formula is C7H10BF. The Morgan fingerprint density at radius 2 is 2.33 bits per heavy atom. The van der Waals surface area contributed by atoms with E-state index in [1.165, 1.54) is 6.08 Å². The fourth-order valence-electron chi connectivity index (χ4n) is 0.478. The summed E-state index contributed by atoms with van der Waals surface area (Å²) in [6, 6.07) is 0. The van der Waals surface area contributed by atoms with Gasteiger partial charge in [-0.1, -0.05) is 30.1 Å². The van der Waals surface area contributed by atoms with Gasteiger partial charge in [0.15, 0.2) is 0 Å². The second kappa shape index (κ2) is 5.61. The zero-order valence-corrected chi connectivity index (χ0v) is 5.60. The molecule has 0 nitrogen and oxygen atoms in total. The molecule has 0 spiro atoms.